The Morgan fingerprint density at radius 3 is 2.12 bits per heavy atom. The van der Waals surface area contributed by atoms with Gasteiger partial charge in [0.2, 0.25) is 0 Å². The third-order valence-corrected chi connectivity index (χ3v) is 5.50. The molecule has 0 bridgehead atoms. The molecular weight excluding hydrogens is 224 g/mol. The van der Waals surface area contributed by atoms with E-state index in [0.29, 0.717) is 0 Å². The van der Waals surface area contributed by atoms with Crippen molar-refractivity contribution in [3.63, 3.8) is 0 Å². The highest BCUT2D eigenvalue weighted by Gasteiger charge is 2.24. The van der Waals surface area contributed by atoms with Gasteiger partial charge in [-0.2, -0.15) is 0 Å². The summed E-state index contributed by atoms with van der Waals surface area (Å²) in [6.07, 6.45) is 10.4. The van der Waals surface area contributed by atoms with Gasteiger partial charge in [0, 0.05) is 0 Å². The number of hydrogen-bond donors (Lipinski definition) is 1. The van der Waals surface area contributed by atoms with Gasteiger partial charge >= 0.3 is 0 Å². The summed E-state index contributed by atoms with van der Waals surface area (Å²) >= 11 is 0. The number of aliphatic hydroxyl groups is 1. The first-order valence-electron chi connectivity index (χ1n) is 7.32. The number of hydrogen-bond acceptors (Lipinski definition) is 1. The first kappa shape index (κ1) is 16.9. The topological polar surface area (TPSA) is 20.2 Å². The average Bonchev–Trinajstić information content (AvgIpc) is 2.23. The standard InChI is InChI=1S/C15H32OSi/c1-6-8-10-12-14(16)15(17(3,4)5)13-11-9-7-2/h13-14,16H,6-12H2,1-5H3. The van der Waals surface area contributed by atoms with Crippen molar-refractivity contribution in [2.75, 3.05) is 0 Å². The summed E-state index contributed by atoms with van der Waals surface area (Å²) in [6, 6.07) is 0. The van der Waals surface area contributed by atoms with Crippen LogP contribution in [0, 0.1) is 0 Å². The van der Waals surface area contributed by atoms with E-state index in [4.69, 9.17) is 0 Å². The molecule has 1 nitrogen and oxygen atoms in total. The Kier molecular flexibility index (Phi) is 8.88. The fourth-order valence-corrected chi connectivity index (χ4v) is 4.05. The van der Waals surface area contributed by atoms with Gasteiger partial charge in [-0.05, 0) is 12.8 Å². The lowest BCUT2D eigenvalue weighted by Gasteiger charge is -2.26. The van der Waals surface area contributed by atoms with Gasteiger partial charge in [0.25, 0.3) is 0 Å². The molecule has 0 amide bonds. The Balaban J connectivity index is 4.41. The molecule has 0 aliphatic carbocycles. The first-order chi connectivity index (χ1) is 7.93. The van der Waals surface area contributed by atoms with Crippen LogP contribution < -0.4 is 0 Å². The normalized spacial score (nSPS) is 15.1. The second-order valence-corrected chi connectivity index (χ2v) is 11.1. The Bertz CT molecular complexity index is 215. The van der Waals surface area contributed by atoms with E-state index in [9.17, 15) is 5.11 Å². The molecular formula is C15H32OSi. The summed E-state index contributed by atoms with van der Waals surface area (Å²) in [4.78, 5) is 0. The van der Waals surface area contributed by atoms with E-state index in [1.807, 2.05) is 0 Å². The van der Waals surface area contributed by atoms with Crippen LogP contribution in [0.3, 0.4) is 0 Å². The van der Waals surface area contributed by atoms with Crippen molar-refractivity contribution in [3.8, 4) is 0 Å². The molecule has 0 saturated heterocycles. The number of allylic oxidation sites excluding steroid dienone is 1. The van der Waals surface area contributed by atoms with Crippen LogP contribution in [-0.4, -0.2) is 19.3 Å². The first-order valence-corrected chi connectivity index (χ1v) is 10.8. The van der Waals surface area contributed by atoms with Crippen LogP contribution in [0.5, 0.6) is 0 Å². The molecule has 0 radical (unpaired) electrons. The highest BCUT2D eigenvalue weighted by atomic mass is 28.3. The van der Waals surface area contributed by atoms with Crippen molar-refractivity contribution < 1.29 is 5.11 Å². The van der Waals surface area contributed by atoms with Gasteiger partial charge in [-0.1, -0.05) is 76.9 Å². The van der Waals surface area contributed by atoms with Crippen molar-refractivity contribution in [1.29, 1.82) is 0 Å². The molecule has 0 aliphatic rings. The van der Waals surface area contributed by atoms with Gasteiger partial charge < -0.3 is 5.11 Å². The lowest BCUT2D eigenvalue weighted by Crippen LogP contribution is -2.32. The third-order valence-electron chi connectivity index (χ3n) is 3.23. The van der Waals surface area contributed by atoms with E-state index in [-0.39, 0.29) is 6.10 Å². The lowest BCUT2D eigenvalue weighted by atomic mass is 10.1. The molecule has 0 aromatic rings. The molecule has 0 saturated carbocycles. The molecule has 0 spiro atoms. The summed E-state index contributed by atoms with van der Waals surface area (Å²) in [5.74, 6) is 0. The molecule has 0 heterocycles. The Labute approximate surface area is 109 Å². The van der Waals surface area contributed by atoms with Crippen LogP contribution in [0.1, 0.15) is 58.8 Å². The largest absolute Gasteiger partial charge is 0.389 e. The maximum absolute atomic E-state index is 10.3. The number of unbranched alkanes of at least 4 members (excludes halogenated alkanes) is 4. The minimum absolute atomic E-state index is 0.176. The Morgan fingerprint density at radius 2 is 1.65 bits per heavy atom. The second kappa shape index (κ2) is 8.93. The number of aliphatic hydroxyl groups excluding tert-OH is 1. The van der Waals surface area contributed by atoms with Crippen molar-refractivity contribution in [2.45, 2.75) is 84.5 Å². The summed E-state index contributed by atoms with van der Waals surface area (Å²) in [7, 11) is -1.35. The average molecular weight is 257 g/mol. The SMILES string of the molecule is CCCCC=C(C(O)CCCCC)[Si](C)(C)C. The molecule has 0 aromatic carbocycles. The summed E-state index contributed by atoms with van der Waals surface area (Å²) in [5, 5.41) is 11.7. The van der Waals surface area contributed by atoms with Gasteiger partial charge in [-0.25, -0.2) is 0 Å². The Morgan fingerprint density at radius 1 is 1.06 bits per heavy atom. The monoisotopic (exact) mass is 256 g/mol. The third kappa shape index (κ3) is 7.77. The lowest BCUT2D eigenvalue weighted by molar-refractivity contribution is 0.202. The van der Waals surface area contributed by atoms with Crippen molar-refractivity contribution in [1.82, 2.24) is 0 Å². The van der Waals surface area contributed by atoms with Gasteiger partial charge in [-0.3, -0.25) is 0 Å². The zero-order valence-electron chi connectivity index (χ0n) is 12.6. The summed E-state index contributed by atoms with van der Waals surface area (Å²) in [5.41, 5.74) is 0. The summed E-state index contributed by atoms with van der Waals surface area (Å²) in [6.45, 7) is 11.5. The number of rotatable bonds is 9. The van der Waals surface area contributed by atoms with Gasteiger partial charge in [-0.15, -0.1) is 0 Å². The van der Waals surface area contributed by atoms with Crippen LogP contribution in [0.4, 0.5) is 0 Å². The van der Waals surface area contributed by atoms with Crippen LogP contribution in [0.15, 0.2) is 11.3 Å². The molecule has 102 valence electrons. The smallest absolute Gasteiger partial charge is 0.0753 e. The van der Waals surface area contributed by atoms with Crippen molar-refractivity contribution in [3.05, 3.63) is 11.3 Å². The maximum atomic E-state index is 10.3. The van der Waals surface area contributed by atoms with E-state index in [1.54, 1.807) is 0 Å². The zero-order chi connectivity index (χ0) is 13.3. The van der Waals surface area contributed by atoms with E-state index < -0.39 is 8.07 Å². The quantitative estimate of drug-likeness (QED) is 0.458. The molecule has 1 N–H and O–H groups in total. The van der Waals surface area contributed by atoms with E-state index in [1.165, 1.54) is 30.9 Å². The molecule has 0 aliphatic heterocycles. The van der Waals surface area contributed by atoms with E-state index in [0.717, 1.165) is 19.3 Å². The van der Waals surface area contributed by atoms with Crippen molar-refractivity contribution in [2.24, 2.45) is 0 Å². The molecule has 1 atom stereocenters. The fourth-order valence-electron chi connectivity index (χ4n) is 2.15. The molecule has 2 heteroatoms. The second-order valence-electron chi connectivity index (χ2n) is 6.06. The highest BCUT2D eigenvalue weighted by molar-refractivity contribution is 6.83. The van der Waals surface area contributed by atoms with Gasteiger partial charge in [0.1, 0.15) is 0 Å². The van der Waals surface area contributed by atoms with Crippen LogP contribution in [0.25, 0.3) is 0 Å². The molecule has 0 fully saturated rings. The summed E-state index contributed by atoms with van der Waals surface area (Å²) < 4.78 is 0. The fraction of sp³-hybridized carbons (Fsp3) is 0.867. The van der Waals surface area contributed by atoms with Crippen molar-refractivity contribution >= 4 is 8.07 Å². The molecule has 0 rings (SSSR count). The predicted octanol–water partition coefficient (Wildman–Crippen LogP) is 4.92. The molecule has 17 heavy (non-hydrogen) atoms. The van der Waals surface area contributed by atoms with Crippen LogP contribution in [-0.2, 0) is 0 Å². The van der Waals surface area contributed by atoms with Gasteiger partial charge in [0.05, 0.1) is 14.2 Å². The minimum atomic E-state index is -1.35. The van der Waals surface area contributed by atoms with Crippen LogP contribution in [0.2, 0.25) is 19.6 Å². The zero-order valence-corrected chi connectivity index (χ0v) is 13.6. The molecule has 1 unspecified atom stereocenters. The molecule has 0 aromatic heterocycles. The highest BCUT2D eigenvalue weighted by Crippen LogP contribution is 2.23. The Hall–Kier alpha value is -0.0831. The minimum Gasteiger partial charge on any atom is -0.389 e. The van der Waals surface area contributed by atoms with E-state index in [2.05, 4.69) is 39.6 Å². The van der Waals surface area contributed by atoms with E-state index >= 15 is 0 Å². The van der Waals surface area contributed by atoms with Gasteiger partial charge in [0.15, 0.2) is 0 Å². The predicted molar refractivity (Wildman–Crippen MR) is 81.1 cm³/mol. The maximum Gasteiger partial charge on any atom is 0.0753 e. The van der Waals surface area contributed by atoms with Crippen LogP contribution >= 0.6 is 0 Å².